The summed E-state index contributed by atoms with van der Waals surface area (Å²) in [6.45, 7) is 10.0. The number of hydrogen-bond donors (Lipinski definition) is 2. The Morgan fingerprint density at radius 2 is 1.86 bits per heavy atom. The van der Waals surface area contributed by atoms with Gasteiger partial charge < -0.3 is 16.0 Å². The number of rotatable bonds is 9. The van der Waals surface area contributed by atoms with E-state index in [0.29, 0.717) is 35.8 Å². The van der Waals surface area contributed by atoms with Gasteiger partial charge in [-0.2, -0.15) is 0 Å². The minimum atomic E-state index is -0.515. The smallest absolute Gasteiger partial charge is 0.322 e. The maximum absolute atomic E-state index is 13.7. The Morgan fingerprint density at radius 3 is 2.49 bits per heavy atom. The molecular formula is C29H38ClFN4O2. The quantitative estimate of drug-likeness (QED) is 0.416. The largest absolute Gasteiger partial charge is 0.366 e. The van der Waals surface area contributed by atoms with Crippen LogP contribution in [0.5, 0.6) is 0 Å². The van der Waals surface area contributed by atoms with Gasteiger partial charge >= 0.3 is 6.03 Å². The Labute approximate surface area is 224 Å². The first kappa shape index (κ1) is 27.4. The topological polar surface area (TPSA) is 78.7 Å². The summed E-state index contributed by atoms with van der Waals surface area (Å²) in [4.78, 5) is 29.6. The molecule has 2 saturated carbocycles. The number of nitrogens with one attached hydrogen (secondary N) is 1. The van der Waals surface area contributed by atoms with E-state index in [2.05, 4.69) is 44.0 Å². The summed E-state index contributed by atoms with van der Waals surface area (Å²) < 4.78 is 13.7. The third-order valence-electron chi connectivity index (χ3n) is 8.23. The molecule has 8 heteroatoms. The van der Waals surface area contributed by atoms with Crippen LogP contribution in [0.3, 0.4) is 0 Å². The number of amides is 3. The monoisotopic (exact) mass is 528 g/mol. The van der Waals surface area contributed by atoms with Crippen molar-refractivity contribution in [1.82, 2.24) is 9.80 Å². The van der Waals surface area contributed by atoms with Crippen molar-refractivity contribution < 1.29 is 14.0 Å². The molecule has 2 aromatic carbocycles. The fraction of sp³-hybridized carbons (Fsp3) is 0.517. The van der Waals surface area contributed by atoms with Crippen LogP contribution in [0.2, 0.25) is 5.02 Å². The van der Waals surface area contributed by atoms with Gasteiger partial charge in [0.05, 0.1) is 5.02 Å². The van der Waals surface area contributed by atoms with Crippen molar-refractivity contribution in [2.45, 2.75) is 76.9 Å². The lowest BCUT2D eigenvalue weighted by molar-refractivity contribution is 0.1000. The van der Waals surface area contributed by atoms with Gasteiger partial charge in [-0.05, 0) is 101 Å². The zero-order valence-corrected chi connectivity index (χ0v) is 22.9. The molecule has 0 saturated heterocycles. The molecule has 2 aliphatic carbocycles. The zero-order chi connectivity index (χ0) is 26.9. The minimum absolute atomic E-state index is 0.0197. The predicted octanol–water partition coefficient (Wildman–Crippen LogP) is 6.04. The maximum Gasteiger partial charge on any atom is 0.322 e. The molecule has 200 valence electrons. The number of urea groups is 1. The summed E-state index contributed by atoms with van der Waals surface area (Å²) in [5.41, 5.74) is 7.78. The molecule has 2 fully saturated rings. The molecule has 1 unspecified atom stereocenters. The normalized spacial score (nSPS) is 22.7. The van der Waals surface area contributed by atoms with Crippen LogP contribution in [-0.4, -0.2) is 53.0 Å². The van der Waals surface area contributed by atoms with Crippen molar-refractivity contribution in [3.8, 4) is 0 Å². The number of nitrogens with two attached hydrogens (primary N) is 1. The summed E-state index contributed by atoms with van der Waals surface area (Å²) in [6.07, 6.45) is 3.79. The van der Waals surface area contributed by atoms with Gasteiger partial charge in [-0.1, -0.05) is 23.7 Å². The molecule has 37 heavy (non-hydrogen) atoms. The summed E-state index contributed by atoms with van der Waals surface area (Å²) in [5.74, 6) is -0.470. The SMILES string of the molecule is CC(C)N(CCN(C(=O)Nc1ccc(F)c(Cl)c1)[C@@H]1CC[C@]2(c3cccc(C(N)=O)c3)CC2C1)C(C)C. The predicted molar refractivity (Wildman–Crippen MR) is 146 cm³/mol. The highest BCUT2D eigenvalue weighted by Crippen LogP contribution is 2.62. The number of carbonyl (C=O) groups excluding carboxylic acids is 2. The Bertz CT molecular complexity index is 1150. The first-order valence-electron chi connectivity index (χ1n) is 13.2. The number of primary amides is 1. The Kier molecular flexibility index (Phi) is 8.14. The Balaban J connectivity index is 1.51. The third kappa shape index (κ3) is 5.93. The lowest BCUT2D eigenvalue weighted by Gasteiger charge is -2.39. The van der Waals surface area contributed by atoms with Gasteiger partial charge in [-0.15, -0.1) is 0 Å². The number of benzene rings is 2. The van der Waals surface area contributed by atoms with E-state index in [-0.39, 0.29) is 22.5 Å². The highest BCUT2D eigenvalue weighted by atomic mass is 35.5. The van der Waals surface area contributed by atoms with Crippen LogP contribution >= 0.6 is 11.6 Å². The van der Waals surface area contributed by atoms with Crippen LogP contribution in [0.1, 0.15) is 69.3 Å². The Morgan fingerprint density at radius 1 is 1.14 bits per heavy atom. The van der Waals surface area contributed by atoms with Crippen molar-refractivity contribution in [3.63, 3.8) is 0 Å². The van der Waals surface area contributed by atoms with Gasteiger partial charge in [0.1, 0.15) is 5.82 Å². The molecule has 0 heterocycles. The summed E-state index contributed by atoms with van der Waals surface area (Å²) in [6, 6.07) is 12.6. The number of halogens is 2. The molecule has 0 bridgehead atoms. The van der Waals surface area contributed by atoms with Crippen molar-refractivity contribution in [3.05, 3.63) is 64.4 Å². The fourth-order valence-corrected chi connectivity index (χ4v) is 6.36. The number of anilines is 1. The van der Waals surface area contributed by atoms with Crippen molar-refractivity contribution in [2.75, 3.05) is 18.4 Å². The Hall–Kier alpha value is -2.64. The second-order valence-electron chi connectivity index (χ2n) is 11.1. The summed E-state index contributed by atoms with van der Waals surface area (Å²) >= 11 is 5.95. The molecule has 6 nitrogen and oxygen atoms in total. The second kappa shape index (κ2) is 11.0. The minimum Gasteiger partial charge on any atom is -0.366 e. The first-order valence-corrected chi connectivity index (χ1v) is 13.6. The second-order valence-corrected chi connectivity index (χ2v) is 11.5. The molecule has 2 aliphatic rings. The van der Waals surface area contributed by atoms with Gasteiger partial charge in [0.15, 0.2) is 0 Å². The maximum atomic E-state index is 13.7. The number of carbonyl (C=O) groups is 2. The number of hydrogen-bond acceptors (Lipinski definition) is 3. The molecule has 0 radical (unpaired) electrons. The number of fused-ring (bicyclic) bond motifs is 1. The lowest BCUT2D eigenvalue weighted by atomic mass is 9.80. The molecule has 3 atom stereocenters. The highest BCUT2D eigenvalue weighted by molar-refractivity contribution is 6.31. The number of nitrogens with zero attached hydrogens (tertiary/aromatic N) is 2. The molecule has 3 N–H and O–H groups in total. The van der Waals surface area contributed by atoms with Crippen LogP contribution in [-0.2, 0) is 5.41 Å². The van der Waals surface area contributed by atoms with Gasteiger partial charge in [0, 0.05) is 42.5 Å². The summed E-state index contributed by atoms with van der Waals surface area (Å²) in [7, 11) is 0. The van der Waals surface area contributed by atoms with Crippen molar-refractivity contribution in [1.29, 1.82) is 0 Å². The van der Waals surface area contributed by atoms with Crippen molar-refractivity contribution in [2.24, 2.45) is 11.7 Å². The lowest BCUT2D eigenvalue weighted by Crippen LogP contribution is -2.50. The molecule has 0 aromatic heterocycles. The molecule has 2 aromatic rings. The van der Waals surface area contributed by atoms with E-state index in [0.717, 1.165) is 32.2 Å². The van der Waals surface area contributed by atoms with E-state index < -0.39 is 11.7 Å². The van der Waals surface area contributed by atoms with Crippen LogP contribution in [0.15, 0.2) is 42.5 Å². The summed E-state index contributed by atoms with van der Waals surface area (Å²) in [5, 5.41) is 2.93. The van der Waals surface area contributed by atoms with Crippen LogP contribution in [0.4, 0.5) is 14.9 Å². The van der Waals surface area contributed by atoms with Crippen LogP contribution < -0.4 is 11.1 Å². The van der Waals surface area contributed by atoms with Crippen LogP contribution in [0, 0.1) is 11.7 Å². The molecular weight excluding hydrogens is 491 g/mol. The molecule has 0 spiro atoms. The third-order valence-corrected chi connectivity index (χ3v) is 8.52. The molecule has 4 rings (SSSR count). The van der Waals surface area contributed by atoms with E-state index in [1.807, 2.05) is 17.0 Å². The first-order chi connectivity index (χ1) is 17.5. The average Bonchev–Trinajstić information content (AvgIpc) is 3.59. The van der Waals surface area contributed by atoms with Crippen molar-refractivity contribution >= 4 is 29.2 Å². The fourth-order valence-electron chi connectivity index (χ4n) is 6.18. The van der Waals surface area contributed by atoms with Gasteiger partial charge in [0.25, 0.3) is 0 Å². The standard InChI is InChI=1S/C29H38ClFN4O2/c1-18(2)34(19(3)4)12-13-35(28(37)33-23-8-9-26(31)25(30)16-23)24-10-11-29(17-22(29)15-24)21-7-5-6-20(14-21)27(32)36/h5-9,14,16,18-19,22,24H,10-13,15,17H2,1-4H3,(H2,32,36)(H,33,37)/t22?,24-,29-/m1/s1. The van der Waals surface area contributed by atoms with E-state index in [1.54, 1.807) is 6.07 Å². The van der Waals surface area contributed by atoms with Crippen LogP contribution in [0.25, 0.3) is 0 Å². The average molecular weight is 529 g/mol. The van der Waals surface area contributed by atoms with E-state index in [9.17, 15) is 14.0 Å². The highest BCUT2D eigenvalue weighted by Gasteiger charge is 2.58. The van der Waals surface area contributed by atoms with E-state index >= 15 is 0 Å². The van der Waals surface area contributed by atoms with Gasteiger partial charge in [-0.25, -0.2) is 9.18 Å². The molecule has 3 amide bonds. The van der Waals surface area contributed by atoms with Gasteiger partial charge in [-0.3, -0.25) is 9.69 Å². The van der Waals surface area contributed by atoms with Gasteiger partial charge in [0.2, 0.25) is 5.91 Å². The zero-order valence-electron chi connectivity index (χ0n) is 22.1. The van der Waals surface area contributed by atoms with E-state index in [1.165, 1.54) is 23.8 Å². The van der Waals surface area contributed by atoms with E-state index in [4.69, 9.17) is 17.3 Å². The molecule has 0 aliphatic heterocycles.